The Labute approximate surface area is 162 Å². The van der Waals surface area contributed by atoms with Gasteiger partial charge in [-0.3, -0.25) is 9.59 Å². The Morgan fingerprint density at radius 1 is 1.22 bits per heavy atom. The molecule has 146 valence electrons. The first-order valence-corrected chi connectivity index (χ1v) is 11.5. The van der Waals surface area contributed by atoms with Gasteiger partial charge in [0.05, 0.1) is 24.0 Å². The highest BCUT2D eigenvalue weighted by Crippen LogP contribution is 2.41. The first-order valence-electron chi connectivity index (χ1n) is 8.76. The van der Waals surface area contributed by atoms with Crippen molar-refractivity contribution in [3.63, 3.8) is 0 Å². The maximum absolute atomic E-state index is 12.1. The summed E-state index contributed by atoms with van der Waals surface area (Å²) in [5.41, 5.74) is 1.96. The van der Waals surface area contributed by atoms with Crippen molar-refractivity contribution in [2.45, 2.75) is 43.9 Å². The zero-order chi connectivity index (χ0) is 19.8. The molecule has 0 aromatic heterocycles. The second kappa shape index (κ2) is 7.63. The fraction of sp³-hybridized carbons (Fsp3) is 0.500. The maximum Gasteiger partial charge on any atom is 0.303 e. The number of aliphatic imine (C=N–C) groups is 1. The lowest BCUT2D eigenvalue weighted by atomic mass is 10.0. The van der Waals surface area contributed by atoms with Gasteiger partial charge in [-0.25, -0.2) is 8.42 Å². The summed E-state index contributed by atoms with van der Waals surface area (Å²) in [6.07, 6.45) is -0.447. The highest BCUT2D eigenvalue weighted by atomic mass is 32.2. The number of nitrogens with zero attached hydrogens (tertiary/aromatic N) is 2. The van der Waals surface area contributed by atoms with Gasteiger partial charge in [-0.2, -0.15) is 4.99 Å². The van der Waals surface area contributed by atoms with Crippen LogP contribution in [-0.4, -0.2) is 53.4 Å². The van der Waals surface area contributed by atoms with Crippen molar-refractivity contribution in [2.24, 2.45) is 4.99 Å². The summed E-state index contributed by atoms with van der Waals surface area (Å²) in [6, 6.07) is 7.55. The highest BCUT2D eigenvalue weighted by Gasteiger charge is 2.49. The fourth-order valence-corrected chi connectivity index (χ4v) is 7.19. The molecule has 2 aliphatic heterocycles. The van der Waals surface area contributed by atoms with Gasteiger partial charge >= 0.3 is 5.97 Å². The molecule has 0 aliphatic carbocycles. The number of carboxylic acid groups (broad SMARTS) is 1. The molecule has 7 nitrogen and oxygen atoms in total. The van der Waals surface area contributed by atoms with Crippen molar-refractivity contribution in [1.29, 1.82) is 0 Å². The van der Waals surface area contributed by atoms with E-state index in [1.807, 2.05) is 29.2 Å². The monoisotopic (exact) mass is 410 g/mol. The predicted molar refractivity (Wildman–Crippen MR) is 106 cm³/mol. The van der Waals surface area contributed by atoms with E-state index in [-0.39, 0.29) is 35.6 Å². The smallest absolute Gasteiger partial charge is 0.303 e. The number of carbonyl (C=O) groups is 2. The number of sulfone groups is 1. The average Bonchev–Trinajstić information content (AvgIpc) is 3.03. The Balaban J connectivity index is 1.90. The summed E-state index contributed by atoms with van der Waals surface area (Å²) < 4.78 is 24.1. The van der Waals surface area contributed by atoms with Crippen molar-refractivity contribution in [3.8, 4) is 0 Å². The lowest BCUT2D eigenvalue weighted by molar-refractivity contribution is -0.138. The summed E-state index contributed by atoms with van der Waals surface area (Å²) in [6.45, 7) is 4.18. The molecule has 1 aromatic carbocycles. The first kappa shape index (κ1) is 19.9. The molecule has 0 saturated carbocycles. The molecule has 2 saturated heterocycles. The summed E-state index contributed by atoms with van der Waals surface area (Å²) in [5, 5.41) is 9.01. The molecule has 0 bridgehead atoms. The molecule has 2 heterocycles. The SMILES string of the molecule is CC(C)c1ccc(N2C(=NC(=O)CCC(=O)O)S[C@@H]3CS(=O)(=O)C[C@H]32)cc1. The van der Waals surface area contributed by atoms with Crippen molar-refractivity contribution in [2.75, 3.05) is 16.4 Å². The van der Waals surface area contributed by atoms with Crippen LogP contribution in [0, 0.1) is 0 Å². The minimum Gasteiger partial charge on any atom is -0.481 e. The Kier molecular flexibility index (Phi) is 5.62. The van der Waals surface area contributed by atoms with E-state index < -0.39 is 21.7 Å². The molecular formula is C18H22N2O5S2. The molecule has 1 aromatic rings. The molecule has 1 N–H and O–H groups in total. The predicted octanol–water partition coefficient (Wildman–Crippen LogP) is 2.28. The molecule has 2 aliphatic rings. The van der Waals surface area contributed by atoms with E-state index >= 15 is 0 Å². The van der Waals surface area contributed by atoms with E-state index in [2.05, 4.69) is 18.8 Å². The standard InChI is InChI=1S/C18H22N2O5S2/c1-11(2)12-3-5-13(6-4-12)20-14-9-27(24,25)10-15(14)26-18(20)19-16(21)7-8-17(22)23/h3-6,11,14-15H,7-10H2,1-2H3,(H,22,23)/t14-,15-/m1/s1. The molecule has 0 spiro atoms. The van der Waals surface area contributed by atoms with E-state index in [9.17, 15) is 18.0 Å². The number of amides is 1. The summed E-state index contributed by atoms with van der Waals surface area (Å²) in [7, 11) is -3.12. The molecule has 9 heteroatoms. The molecule has 1 amide bonds. The summed E-state index contributed by atoms with van der Waals surface area (Å²) in [5.74, 6) is -1.10. The zero-order valence-electron chi connectivity index (χ0n) is 15.2. The van der Waals surface area contributed by atoms with Crippen molar-refractivity contribution < 1.29 is 23.1 Å². The van der Waals surface area contributed by atoms with Crippen LogP contribution in [0.5, 0.6) is 0 Å². The summed E-state index contributed by atoms with van der Waals surface area (Å²) >= 11 is 1.29. The Morgan fingerprint density at radius 2 is 1.89 bits per heavy atom. The number of thioether (sulfide) groups is 1. The largest absolute Gasteiger partial charge is 0.481 e. The lowest BCUT2D eigenvalue weighted by Crippen LogP contribution is -2.37. The van der Waals surface area contributed by atoms with Gasteiger partial charge in [0, 0.05) is 17.4 Å². The first-order chi connectivity index (χ1) is 12.7. The van der Waals surface area contributed by atoms with Gasteiger partial charge in [0.15, 0.2) is 15.0 Å². The van der Waals surface area contributed by atoms with Gasteiger partial charge in [0.1, 0.15) is 0 Å². The van der Waals surface area contributed by atoms with E-state index in [0.29, 0.717) is 11.1 Å². The van der Waals surface area contributed by atoms with Gasteiger partial charge in [-0.15, -0.1) is 0 Å². The van der Waals surface area contributed by atoms with E-state index in [1.165, 1.54) is 11.8 Å². The third-order valence-corrected chi connectivity index (χ3v) is 7.89. The number of amidine groups is 1. The number of aliphatic carboxylic acids is 1. The third-order valence-electron chi connectivity index (χ3n) is 4.68. The quantitative estimate of drug-likeness (QED) is 0.794. The fourth-order valence-electron chi connectivity index (χ4n) is 3.26. The summed E-state index contributed by atoms with van der Waals surface area (Å²) in [4.78, 5) is 28.6. The third kappa shape index (κ3) is 4.52. The highest BCUT2D eigenvalue weighted by molar-refractivity contribution is 8.16. The molecule has 0 radical (unpaired) electrons. The molecule has 0 unspecified atom stereocenters. The number of benzene rings is 1. The second-order valence-electron chi connectivity index (χ2n) is 7.10. The number of hydrogen-bond acceptors (Lipinski definition) is 5. The average molecular weight is 411 g/mol. The van der Waals surface area contributed by atoms with Crippen molar-refractivity contribution in [1.82, 2.24) is 0 Å². The van der Waals surface area contributed by atoms with Crippen LogP contribution in [0.2, 0.25) is 0 Å². The van der Waals surface area contributed by atoms with Gasteiger partial charge in [-0.05, 0) is 23.6 Å². The molecule has 2 atom stereocenters. The van der Waals surface area contributed by atoms with Crippen LogP contribution in [0.15, 0.2) is 29.3 Å². The molecule has 27 heavy (non-hydrogen) atoms. The molecule has 2 fully saturated rings. The van der Waals surface area contributed by atoms with Gasteiger partial charge < -0.3 is 10.0 Å². The number of rotatable bonds is 5. The number of fused-ring (bicyclic) bond motifs is 1. The van der Waals surface area contributed by atoms with Crippen molar-refractivity contribution in [3.05, 3.63) is 29.8 Å². The Bertz CT molecular complexity index is 878. The minimum absolute atomic E-state index is 0.0267. The lowest BCUT2D eigenvalue weighted by Gasteiger charge is -2.25. The van der Waals surface area contributed by atoms with E-state index in [0.717, 1.165) is 11.3 Å². The van der Waals surface area contributed by atoms with E-state index in [1.54, 1.807) is 0 Å². The van der Waals surface area contributed by atoms with Crippen LogP contribution >= 0.6 is 11.8 Å². The van der Waals surface area contributed by atoms with E-state index in [4.69, 9.17) is 5.11 Å². The number of carboxylic acids is 1. The second-order valence-corrected chi connectivity index (χ2v) is 10.5. The van der Waals surface area contributed by atoms with Gasteiger partial charge in [-0.1, -0.05) is 37.7 Å². The normalized spacial score (nSPS) is 25.1. The number of carbonyl (C=O) groups excluding carboxylic acids is 1. The van der Waals surface area contributed by atoms with Crippen LogP contribution in [0.4, 0.5) is 5.69 Å². The number of hydrogen-bond donors (Lipinski definition) is 1. The van der Waals surface area contributed by atoms with Crippen LogP contribution in [0.3, 0.4) is 0 Å². The number of anilines is 1. The molecular weight excluding hydrogens is 388 g/mol. The van der Waals surface area contributed by atoms with Gasteiger partial charge in [0.25, 0.3) is 0 Å². The molecule has 3 rings (SSSR count). The van der Waals surface area contributed by atoms with Gasteiger partial charge in [0.2, 0.25) is 5.91 Å². The van der Waals surface area contributed by atoms with Crippen LogP contribution < -0.4 is 4.90 Å². The Morgan fingerprint density at radius 3 is 2.48 bits per heavy atom. The topological polar surface area (TPSA) is 104 Å². The minimum atomic E-state index is -3.12. The van der Waals surface area contributed by atoms with Crippen LogP contribution in [0.25, 0.3) is 0 Å². The Hall–Kier alpha value is -1.87. The van der Waals surface area contributed by atoms with Crippen LogP contribution in [0.1, 0.15) is 38.2 Å². The zero-order valence-corrected chi connectivity index (χ0v) is 16.8. The van der Waals surface area contributed by atoms with Crippen LogP contribution in [-0.2, 0) is 19.4 Å². The van der Waals surface area contributed by atoms with Crippen molar-refractivity contribution >= 4 is 44.3 Å². The maximum atomic E-state index is 12.1.